The highest BCUT2D eigenvalue weighted by atomic mass is 32.2. The van der Waals surface area contributed by atoms with Crippen molar-refractivity contribution in [3.05, 3.63) is 29.6 Å². The number of alkyl halides is 6. The molecule has 15 heteroatoms. The average molecular weight is 673 g/mol. The molecule has 1 aromatic heterocycles. The highest BCUT2D eigenvalue weighted by molar-refractivity contribution is 7.90. The molecule has 3 atom stereocenters. The van der Waals surface area contributed by atoms with E-state index in [-0.39, 0.29) is 12.6 Å². The monoisotopic (exact) mass is 672 g/mol. The van der Waals surface area contributed by atoms with E-state index in [0.717, 1.165) is 19.9 Å². The van der Waals surface area contributed by atoms with Crippen molar-refractivity contribution < 1.29 is 40.4 Å². The Morgan fingerprint density at radius 3 is 2.23 bits per heavy atom. The number of carbonyl (C=O) groups excluding carboxylic acids is 1. The fourth-order valence-electron chi connectivity index (χ4n) is 4.13. The number of fused-ring (bicyclic) bond motifs is 1. The molecule has 0 bridgehead atoms. The first-order chi connectivity index (χ1) is 19.8. The number of halogens is 6. The van der Waals surface area contributed by atoms with Gasteiger partial charge in [-0.05, 0) is 57.9 Å². The number of nitrogens with one attached hydrogen (secondary N) is 2. The maximum atomic E-state index is 14.1. The van der Waals surface area contributed by atoms with E-state index in [1.165, 1.54) is 0 Å². The summed E-state index contributed by atoms with van der Waals surface area (Å²) in [6.07, 6.45) is -11.4. The molecule has 2 rings (SSSR count). The third-order valence-electron chi connectivity index (χ3n) is 7.13. The Morgan fingerprint density at radius 1 is 1.09 bits per heavy atom. The van der Waals surface area contributed by atoms with Crippen LogP contribution in [-0.4, -0.2) is 51.8 Å². The molecular formula is C29H46F6N4O3SSi. The molecule has 0 saturated heterocycles. The molecule has 7 nitrogen and oxygen atoms in total. The van der Waals surface area contributed by atoms with Gasteiger partial charge in [0.1, 0.15) is 23.3 Å². The first-order valence-electron chi connectivity index (χ1n) is 14.5. The maximum absolute atomic E-state index is 14.1. The Kier molecular flexibility index (Phi) is 12.5. The zero-order valence-electron chi connectivity index (χ0n) is 26.9. The van der Waals surface area contributed by atoms with Crippen LogP contribution >= 0.6 is 0 Å². The molecule has 0 spiro atoms. The summed E-state index contributed by atoms with van der Waals surface area (Å²) in [5.41, 5.74) is -0.660. The fraction of sp³-hybridized carbons (Fsp3) is 0.724. The van der Waals surface area contributed by atoms with E-state index in [0.29, 0.717) is 23.2 Å². The predicted octanol–water partition coefficient (Wildman–Crippen LogP) is 7.94. The molecule has 1 amide bonds. The zero-order chi connectivity index (χ0) is 33.9. The van der Waals surface area contributed by atoms with E-state index in [1.54, 1.807) is 50.5 Å². The molecule has 2 aromatic rings. The number of benzene rings is 1. The van der Waals surface area contributed by atoms with Crippen LogP contribution in [0.15, 0.2) is 18.2 Å². The van der Waals surface area contributed by atoms with Gasteiger partial charge in [-0.2, -0.15) is 26.3 Å². The van der Waals surface area contributed by atoms with E-state index >= 15 is 0 Å². The van der Waals surface area contributed by atoms with Crippen LogP contribution < -0.4 is 10.0 Å². The molecular weight excluding hydrogens is 626 g/mol. The lowest BCUT2D eigenvalue weighted by Gasteiger charge is -2.34. The van der Waals surface area contributed by atoms with Crippen LogP contribution in [0, 0.1) is 5.41 Å². The molecule has 0 aliphatic heterocycles. The maximum Gasteiger partial charge on any atom is 0.394 e. The second kappa shape index (κ2) is 14.3. The van der Waals surface area contributed by atoms with Crippen LogP contribution in [-0.2, 0) is 27.6 Å². The van der Waals surface area contributed by atoms with E-state index < -0.39 is 79.2 Å². The van der Waals surface area contributed by atoms with Crippen molar-refractivity contribution >= 4 is 36.4 Å². The number of hydrogen-bond acceptors (Lipinski definition) is 5. The highest BCUT2D eigenvalue weighted by Crippen LogP contribution is 2.44. The van der Waals surface area contributed by atoms with Gasteiger partial charge in [0, 0.05) is 32.5 Å². The Labute approximate surface area is 260 Å². The van der Waals surface area contributed by atoms with Gasteiger partial charge in [-0.15, -0.1) is 4.72 Å². The van der Waals surface area contributed by atoms with E-state index in [1.807, 2.05) is 0 Å². The van der Waals surface area contributed by atoms with Crippen LogP contribution in [0.2, 0.25) is 25.7 Å². The first kappa shape index (κ1) is 38.4. The Morgan fingerprint density at radius 2 is 1.70 bits per heavy atom. The second-order valence-corrected chi connectivity index (χ2v) is 21.7. The molecule has 0 radical (unpaired) electrons. The smallest absolute Gasteiger partial charge is 0.394 e. The van der Waals surface area contributed by atoms with Crippen LogP contribution in [0.3, 0.4) is 0 Å². The highest BCUT2D eigenvalue weighted by Gasteiger charge is 2.50. The van der Waals surface area contributed by atoms with Crippen molar-refractivity contribution in [2.24, 2.45) is 5.41 Å². The van der Waals surface area contributed by atoms with Gasteiger partial charge >= 0.3 is 12.4 Å². The van der Waals surface area contributed by atoms with Gasteiger partial charge < -0.3 is 19.2 Å². The van der Waals surface area contributed by atoms with Crippen LogP contribution in [0.1, 0.15) is 84.3 Å². The van der Waals surface area contributed by atoms with Crippen molar-refractivity contribution in [2.75, 3.05) is 6.61 Å². The van der Waals surface area contributed by atoms with E-state index in [2.05, 4.69) is 34.7 Å². The average Bonchev–Trinajstić information content (AvgIpc) is 3.20. The minimum absolute atomic E-state index is 0.0428. The van der Waals surface area contributed by atoms with Crippen molar-refractivity contribution in [3.8, 4) is 0 Å². The molecule has 1 aromatic carbocycles. The summed E-state index contributed by atoms with van der Waals surface area (Å²) >= 11 is -1.74. The van der Waals surface area contributed by atoms with Crippen molar-refractivity contribution in [2.45, 2.75) is 122 Å². The third-order valence-corrected chi connectivity index (χ3v) is 10.4. The van der Waals surface area contributed by atoms with Crippen LogP contribution in [0.4, 0.5) is 26.3 Å². The molecule has 252 valence electrons. The molecule has 0 aliphatic rings. The molecule has 0 fully saturated rings. The fourth-order valence-corrected chi connectivity index (χ4v) is 5.69. The zero-order valence-corrected chi connectivity index (χ0v) is 28.7. The van der Waals surface area contributed by atoms with Gasteiger partial charge in [-0.1, -0.05) is 39.6 Å². The van der Waals surface area contributed by atoms with Gasteiger partial charge in [0.05, 0.1) is 28.9 Å². The van der Waals surface area contributed by atoms with Gasteiger partial charge in [-0.3, -0.25) is 4.79 Å². The predicted molar refractivity (Wildman–Crippen MR) is 164 cm³/mol. The number of aromatic nitrogens is 2. The normalized spacial score (nSPS) is 15.8. The lowest BCUT2D eigenvalue weighted by molar-refractivity contribution is -0.215. The number of ether oxygens (including phenoxy) is 1. The molecule has 0 saturated carbocycles. The first-order valence-corrected chi connectivity index (χ1v) is 19.4. The summed E-state index contributed by atoms with van der Waals surface area (Å²) in [6, 6.07) is 4.08. The van der Waals surface area contributed by atoms with Gasteiger partial charge in [0.2, 0.25) is 5.91 Å². The second-order valence-electron chi connectivity index (χ2n) is 14.0. The molecule has 1 unspecified atom stereocenters. The summed E-state index contributed by atoms with van der Waals surface area (Å²) < 4.78 is 103. The Balaban J connectivity index is 2.58. The summed E-state index contributed by atoms with van der Waals surface area (Å²) in [4.78, 5) is 16.9. The summed E-state index contributed by atoms with van der Waals surface area (Å²) in [6.45, 7) is 15.9. The van der Waals surface area contributed by atoms with Crippen LogP contribution in [0.5, 0.6) is 0 Å². The van der Waals surface area contributed by atoms with Crippen molar-refractivity contribution in [3.63, 3.8) is 0 Å². The molecule has 2 N–H and O–H groups in total. The number of hydrogen-bond donors (Lipinski definition) is 2. The van der Waals surface area contributed by atoms with Crippen molar-refractivity contribution in [1.82, 2.24) is 19.6 Å². The minimum Gasteiger partial charge on any atom is -0.598 e. The van der Waals surface area contributed by atoms with Gasteiger partial charge in [-0.25, -0.2) is 4.98 Å². The summed E-state index contributed by atoms with van der Waals surface area (Å²) in [5, 5.41) is 2.57. The van der Waals surface area contributed by atoms with E-state index in [4.69, 9.17) is 4.74 Å². The summed E-state index contributed by atoms with van der Waals surface area (Å²) in [5.74, 6) is -0.552. The lowest BCUT2D eigenvalue weighted by Crippen LogP contribution is -2.45. The lowest BCUT2D eigenvalue weighted by atomic mass is 9.85. The van der Waals surface area contributed by atoms with Crippen LogP contribution in [0.25, 0.3) is 11.0 Å². The number of nitrogens with zero attached hydrogens (tertiary/aromatic N) is 2. The Hall–Kier alpha value is -1.81. The SMILES string of the molecule is C[C@@H](NC(=O)CCC(F)(F)F)c1ccc2nc([C@H](CC(C)(C)C(F)(F)F)N[S+]([O-])C(C)(C)C)n(COCC[Si](C)(C)C)c2c1. The number of amides is 1. The minimum atomic E-state index is -4.55. The Bertz CT molecular complexity index is 1260. The topological polar surface area (TPSA) is 91.2 Å². The number of carbonyl (C=O) groups is 1. The third kappa shape index (κ3) is 11.5. The van der Waals surface area contributed by atoms with Gasteiger partial charge in [0.15, 0.2) is 0 Å². The van der Waals surface area contributed by atoms with Crippen molar-refractivity contribution in [1.29, 1.82) is 0 Å². The summed E-state index contributed by atoms with van der Waals surface area (Å²) in [7, 11) is -1.46. The van der Waals surface area contributed by atoms with Gasteiger partial charge in [0.25, 0.3) is 0 Å². The quantitative estimate of drug-likeness (QED) is 0.0921. The number of imidazole rings is 1. The molecule has 1 heterocycles. The molecule has 0 aliphatic carbocycles. The standard InChI is InChI=1S/C29H46F6N4O3SSi/c1-19(36-24(40)12-13-28(30,31)32)20-10-11-21-23(16-20)39(18-42-14-15-44(7,8)9)25(37-21)22(38-43(41)26(2,3)4)17-27(5,6)29(33,34)35/h10-11,16,19,22,38H,12-15,17-18H2,1-9H3,(H,36,40)/t19-,22+,43?/m1/s1. The van der Waals surface area contributed by atoms with E-state index in [9.17, 15) is 35.7 Å². The number of rotatable bonds is 14. The largest absolute Gasteiger partial charge is 0.598 e. The molecule has 44 heavy (non-hydrogen) atoms.